The Morgan fingerprint density at radius 3 is 2.68 bits per heavy atom. The molecule has 1 fully saturated rings. The van der Waals surface area contributed by atoms with E-state index in [0.29, 0.717) is 6.04 Å². The van der Waals surface area contributed by atoms with Crippen LogP contribution in [0.5, 0.6) is 0 Å². The van der Waals surface area contributed by atoms with E-state index < -0.39 is 0 Å². The summed E-state index contributed by atoms with van der Waals surface area (Å²) in [6, 6.07) is 10.8. The molecule has 0 spiro atoms. The van der Waals surface area contributed by atoms with E-state index in [0.717, 1.165) is 44.3 Å². The molecule has 1 aromatic carbocycles. The fourth-order valence-corrected chi connectivity index (χ4v) is 2.60. The molecule has 1 aliphatic heterocycles. The van der Waals surface area contributed by atoms with Crippen molar-refractivity contribution in [2.24, 2.45) is 0 Å². The van der Waals surface area contributed by atoms with Gasteiger partial charge in [0, 0.05) is 32.1 Å². The monoisotopic (exact) mass is 278 g/mol. The average Bonchev–Trinajstić information content (AvgIpc) is 2.47. The van der Waals surface area contributed by atoms with Crippen LogP contribution >= 0.6 is 12.2 Å². The van der Waals surface area contributed by atoms with Crippen LogP contribution < -0.4 is 5.32 Å². The smallest absolute Gasteiger partial charge is 0.0771 e. The van der Waals surface area contributed by atoms with E-state index in [-0.39, 0.29) is 0 Å². The summed E-state index contributed by atoms with van der Waals surface area (Å²) in [7, 11) is 0. The van der Waals surface area contributed by atoms with Crippen LogP contribution in [0.25, 0.3) is 0 Å². The number of hydrogen-bond donors (Lipinski definition) is 1. The Kier molecular flexibility index (Phi) is 5.76. The third-order valence-electron chi connectivity index (χ3n) is 3.48. The molecule has 0 aromatic heterocycles. The Labute approximate surface area is 120 Å². The highest BCUT2D eigenvalue weighted by Crippen LogP contribution is 2.08. The van der Waals surface area contributed by atoms with Gasteiger partial charge >= 0.3 is 0 Å². The molecule has 4 heteroatoms. The molecule has 0 saturated carbocycles. The minimum Gasteiger partial charge on any atom is -0.379 e. The van der Waals surface area contributed by atoms with Gasteiger partial charge in [0.2, 0.25) is 0 Å². The van der Waals surface area contributed by atoms with Gasteiger partial charge in [-0.25, -0.2) is 0 Å². The second kappa shape index (κ2) is 7.58. The van der Waals surface area contributed by atoms with Gasteiger partial charge < -0.3 is 10.1 Å². The molecule has 0 radical (unpaired) electrons. The predicted molar refractivity (Wildman–Crippen MR) is 82.4 cm³/mol. The van der Waals surface area contributed by atoms with Crippen LogP contribution in [0.4, 0.5) is 0 Å². The molecule has 1 aromatic rings. The molecule has 1 heterocycles. The molecule has 1 unspecified atom stereocenters. The highest BCUT2D eigenvalue weighted by Gasteiger charge is 2.17. The number of ether oxygens (including phenoxy) is 1. The zero-order valence-electron chi connectivity index (χ0n) is 11.5. The van der Waals surface area contributed by atoms with Crippen LogP contribution in [0, 0.1) is 0 Å². The summed E-state index contributed by atoms with van der Waals surface area (Å²) >= 11 is 5.43. The number of thiocarbonyl (C=S) groups is 1. The normalized spacial score (nSPS) is 17.9. The first kappa shape index (κ1) is 14.4. The third kappa shape index (κ3) is 4.90. The average molecular weight is 278 g/mol. The molecule has 104 valence electrons. The summed E-state index contributed by atoms with van der Waals surface area (Å²) in [5, 5.41) is 3.34. The molecule has 1 atom stereocenters. The van der Waals surface area contributed by atoms with E-state index in [1.165, 1.54) is 5.56 Å². The standard InChI is InChI=1S/C15H22N2OS/c1-13(17-7-9-18-10-8-17)11-15(19)16-12-14-5-3-2-4-6-14/h2-6,13H,7-12H2,1H3,(H,16,19). The van der Waals surface area contributed by atoms with Gasteiger partial charge in [-0.15, -0.1) is 0 Å². The summed E-state index contributed by atoms with van der Waals surface area (Å²) in [5.74, 6) is 0. The second-order valence-corrected chi connectivity index (χ2v) is 5.46. The molecule has 1 saturated heterocycles. The lowest BCUT2D eigenvalue weighted by Gasteiger charge is -2.32. The van der Waals surface area contributed by atoms with Crippen molar-refractivity contribution in [1.29, 1.82) is 0 Å². The maximum Gasteiger partial charge on any atom is 0.0771 e. The molecule has 2 rings (SSSR count). The lowest BCUT2D eigenvalue weighted by Crippen LogP contribution is -2.43. The number of morpholine rings is 1. The van der Waals surface area contributed by atoms with Crippen LogP contribution in [0.3, 0.4) is 0 Å². The number of nitrogens with zero attached hydrogens (tertiary/aromatic N) is 1. The van der Waals surface area contributed by atoms with Crippen molar-refractivity contribution in [3.8, 4) is 0 Å². The van der Waals surface area contributed by atoms with Crippen LogP contribution in [-0.2, 0) is 11.3 Å². The first-order valence-corrected chi connectivity index (χ1v) is 7.29. The van der Waals surface area contributed by atoms with Crippen LogP contribution in [0.1, 0.15) is 18.9 Å². The fraction of sp³-hybridized carbons (Fsp3) is 0.533. The lowest BCUT2D eigenvalue weighted by molar-refractivity contribution is 0.0216. The highest BCUT2D eigenvalue weighted by atomic mass is 32.1. The molecule has 1 aliphatic rings. The van der Waals surface area contributed by atoms with E-state index in [4.69, 9.17) is 17.0 Å². The van der Waals surface area contributed by atoms with Crippen LogP contribution in [0.15, 0.2) is 30.3 Å². The first-order valence-electron chi connectivity index (χ1n) is 6.88. The number of nitrogens with one attached hydrogen (secondary N) is 1. The molecule has 0 aliphatic carbocycles. The Morgan fingerprint density at radius 2 is 2.00 bits per heavy atom. The van der Waals surface area contributed by atoms with Gasteiger partial charge in [-0.05, 0) is 12.5 Å². The van der Waals surface area contributed by atoms with E-state index >= 15 is 0 Å². The van der Waals surface area contributed by atoms with E-state index in [9.17, 15) is 0 Å². The Bertz CT molecular complexity index is 390. The van der Waals surface area contributed by atoms with Crippen molar-refractivity contribution < 1.29 is 4.74 Å². The van der Waals surface area contributed by atoms with E-state index in [1.807, 2.05) is 6.07 Å². The van der Waals surface area contributed by atoms with Gasteiger partial charge in [0.05, 0.1) is 18.2 Å². The largest absolute Gasteiger partial charge is 0.379 e. The molecule has 19 heavy (non-hydrogen) atoms. The van der Waals surface area contributed by atoms with Crippen molar-refractivity contribution in [3.63, 3.8) is 0 Å². The van der Waals surface area contributed by atoms with Gasteiger partial charge in [0.25, 0.3) is 0 Å². The summed E-state index contributed by atoms with van der Waals surface area (Å²) in [6.07, 6.45) is 0.919. The molecular weight excluding hydrogens is 256 g/mol. The zero-order valence-corrected chi connectivity index (χ0v) is 12.3. The van der Waals surface area contributed by atoms with Crippen LogP contribution in [0.2, 0.25) is 0 Å². The second-order valence-electron chi connectivity index (χ2n) is 4.96. The van der Waals surface area contributed by atoms with Crippen molar-refractivity contribution in [2.75, 3.05) is 26.3 Å². The Hall–Kier alpha value is -0.970. The maximum absolute atomic E-state index is 5.43. The van der Waals surface area contributed by atoms with Crippen molar-refractivity contribution in [3.05, 3.63) is 35.9 Å². The van der Waals surface area contributed by atoms with Crippen molar-refractivity contribution in [2.45, 2.75) is 25.9 Å². The maximum atomic E-state index is 5.43. The summed E-state index contributed by atoms with van der Waals surface area (Å²) in [6.45, 7) is 6.77. The number of hydrogen-bond acceptors (Lipinski definition) is 3. The van der Waals surface area contributed by atoms with Crippen LogP contribution in [-0.4, -0.2) is 42.2 Å². The highest BCUT2D eigenvalue weighted by molar-refractivity contribution is 7.80. The molecule has 3 nitrogen and oxygen atoms in total. The predicted octanol–water partition coefficient (Wildman–Crippen LogP) is 2.21. The van der Waals surface area contributed by atoms with Crippen molar-refractivity contribution >= 4 is 17.2 Å². The Balaban J connectivity index is 1.71. The van der Waals surface area contributed by atoms with Gasteiger partial charge in [0.1, 0.15) is 0 Å². The Morgan fingerprint density at radius 1 is 1.32 bits per heavy atom. The zero-order chi connectivity index (χ0) is 13.5. The molecule has 0 amide bonds. The topological polar surface area (TPSA) is 24.5 Å². The molecular formula is C15H22N2OS. The first-order chi connectivity index (χ1) is 9.25. The molecule has 1 N–H and O–H groups in total. The van der Waals surface area contributed by atoms with Crippen molar-refractivity contribution in [1.82, 2.24) is 10.2 Å². The van der Waals surface area contributed by atoms with Gasteiger partial charge in [0.15, 0.2) is 0 Å². The van der Waals surface area contributed by atoms with E-state index in [2.05, 4.69) is 41.4 Å². The minimum absolute atomic E-state index is 0.486. The van der Waals surface area contributed by atoms with Gasteiger partial charge in [-0.2, -0.15) is 0 Å². The molecule has 0 bridgehead atoms. The van der Waals surface area contributed by atoms with Gasteiger partial charge in [-0.3, -0.25) is 4.90 Å². The lowest BCUT2D eigenvalue weighted by atomic mass is 10.2. The minimum atomic E-state index is 0.486. The fourth-order valence-electron chi connectivity index (χ4n) is 2.28. The quantitative estimate of drug-likeness (QED) is 0.835. The van der Waals surface area contributed by atoms with E-state index in [1.54, 1.807) is 0 Å². The summed E-state index contributed by atoms with van der Waals surface area (Å²) in [5.41, 5.74) is 1.27. The summed E-state index contributed by atoms with van der Waals surface area (Å²) in [4.78, 5) is 3.39. The SMILES string of the molecule is CC(CC(=S)NCc1ccccc1)N1CCOCC1. The number of rotatable bonds is 5. The summed E-state index contributed by atoms with van der Waals surface area (Å²) < 4.78 is 5.37. The number of benzene rings is 1. The van der Waals surface area contributed by atoms with Gasteiger partial charge in [-0.1, -0.05) is 42.5 Å². The third-order valence-corrected chi connectivity index (χ3v) is 3.79.